The number of nitrogens with one attached hydrogen (secondary N) is 1. The predicted molar refractivity (Wildman–Crippen MR) is 76.9 cm³/mol. The Morgan fingerprint density at radius 1 is 1.25 bits per heavy atom. The Morgan fingerprint density at radius 3 is 2.50 bits per heavy atom. The van der Waals surface area contributed by atoms with Crippen molar-refractivity contribution >= 4 is 17.9 Å². The van der Waals surface area contributed by atoms with Gasteiger partial charge in [-0.3, -0.25) is 9.59 Å². The molecule has 0 saturated heterocycles. The minimum absolute atomic E-state index is 0.0610. The van der Waals surface area contributed by atoms with E-state index in [2.05, 4.69) is 5.32 Å². The lowest BCUT2D eigenvalue weighted by molar-refractivity contribution is -0.137. The highest BCUT2D eigenvalue weighted by Gasteiger charge is 2.09. The standard InChI is InChI=1S/C15H17NO4/c17-9-3-1-2-4-14(10-15(19)20)16-13-7-5-12(11-18)6-8-13/h1-8,11,14,16-17H,9-10H2,(H,19,20). The van der Waals surface area contributed by atoms with Gasteiger partial charge in [0.1, 0.15) is 6.29 Å². The molecule has 0 aromatic heterocycles. The lowest BCUT2D eigenvalue weighted by atomic mass is 10.1. The van der Waals surface area contributed by atoms with Gasteiger partial charge in [-0.1, -0.05) is 24.3 Å². The number of carboxylic acid groups (broad SMARTS) is 1. The summed E-state index contributed by atoms with van der Waals surface area (Å²) in [6.07, 6.45) is 7.25. The molecule has 1 atom stereocenters. The van der Waals surface area contributed by atoms with Crippen molar-refractivity contribution in [1.82, 2.24) is 0 Å². The third-order valence-electron chi connectivity index (χ3n) is 2.49. The third-order valence-corrected chi connectivity index (χ3v) is 2.49. The molecule has 3 N–H and O–H groups in total. The van der Waals surface area contributed by atoms with Gasteiger partial charge in [0.05, 0.1) is 19.1 Å². The first kappa shape index (κ1) is 15.7. The van der Waals surface area contributed by atoms with E-state index in [1.54, 1.807) is 48.6 Å². The summed E-state index contributed by atoms with van der Waals surface area (Å²) in [5.41, 5.74) is 1.30. The minimum atomic E-state index is -0.914. The Bertz CT molecular complexity index is 491. The zero-order valence-electron chi connectivity index (χ0n) is 10.9. The van der Waals surface area contributed by atoms with Crippen molar-refractivity contribution in [2.45, 2.75) is 12.5 Å². The summed E-state index contributed by atoms with van der Waals surface area (Å²) in [5, 5.41) is 20.5. The maximum atomic E-state index is 10.8. The smallest absolute Gasteiger partial charge is 0.305 e. The van der Waals surface area contributed by atoms with Crippen LogP contribution >= 0.6 is 0 Å². The van der Waals surface area contributed by atoms with Gasteiger partial charge in [-0.05, 0) is 24.3 Å². The largest absolute Gasteiger partial charge is 0.481 e. The van der Waals surface area contributed by atoms with Gasteiger partial charge in [-0.25, -0.2) is 0 Å². The van der Waals surface area contributed by atoms with Crippen LogP contribution in [0.5, 0.6) is 0 Å². The van der Waals surface area contributed by atoms with E-state index < -0.39 is 5.97 Å². The van der Waals surface area contributed by atoms with Crippen LogP contribution in [0.3, 0.4) is 0 Å². The van der Waals surface area contributed by atoms with Crippen molar-refractivity contribution in [3.63, 3.8) is 0 Å². The van der Waals surface area contributed by atoms with E-state index in [1.165, 1.54) is 0 Å². The summed E-state index contributed by atoms with van der Waals surface area (Å²) in [6.45, 7) is -0.0610. The average molecular weight is 275 g/mol. The van der Waals surface area contributed by atoms with E-state index in [-0.39, 0.29) is 19.1 Å². The summed E-state index contributed by atoms with van der Waals surface area (Å²) in [7, 11) is 0. The molecule has 0 heterocycles. The summed E-state index contributed by atoms with van der Waals surface area (Å²) in [6, 6.07) is 6.37. The number of hydrogen-bond donors (Lipinski definition) is 3. The van der Waals surface area contributed by atoms with E-state index in [1.807, 2.05) is 0 Å². The molecule has 0 bridgehead atoms. The molecule has 0 aliphatic carbocycles. The van der Waals surface area contributed by atoms with Gasteiger partial charge in [0.2, 0.25) is 0 Å². The molecule has 1 aromatic rings. The van der Waals surface area contributed by atoms with Crippen LogP contribution < -0.4 is 5.32 Å². The molecule has 0 fully saturated rings. The topological polar surface area (TPSA) is 86.6 Å². The van der Waals surface area contributed by atoms with Gasteiger partial charge in [-0.15, -0.1) is 0 Å². The number of rotatable bonds is 8. The summed E-state index contributed by atoms with van der Waals surface area (Å²) in [4.78, 5) is 21.4. The fourth-order valence-electron chi connectivity index (χ4n) is 1.56. The molecule has 1 aromatic carbocycles. The molecule has 0 aliphatic heterocycles. The Labute approximate surface area is 117 Å². The summed E-state index contributed by atoms with van der Waals surface area (Å²) < 4.78 is 0. The van der Waals surface area contributed by atoms with Gasteiger partial charge >= 0.3 is 5.97 Å². The van der Waals surface area contributed by atoms with Crippen LogP contribution in [0.25, 0.3) is 0 Å². The summed E-state index contributed by atoms with van der Waals surface area (Å²) in [5.74, 6) is -0.914. The molecule has 0 amide bonds. The van der Waals surface area contributed by atoms with Crippen LogP contribution in [0.4, 0.5) is 5.69 Å². The fraction of sp³-hybridized carbons (Fsp3) is 0.200. The molecular formula is C15H17NO4. The lowest BCUT2D eigenvalue weighted by Gasteiger charge is -2.14. The number of aliphatic carboxylic acids is 1. The van der Waals surface area contributed by atoms with E-state index in [0.29, 0.717) is 5.56 Å². The highest BCUT2D eigenvalue weighted by molar-refractivity contribution is 5.75. The number of carboxylic acids is 1. The van der Waals surface area contributed by atoms with Crippen molar-refractivity contribution in [2.75, 3.05) is 11.9 Å². The van der Waals surface area contributed by atoms with Gasteiger partial charge in [0.15, 0.2) is 0 Å². The van der Waals surface area contributed by atoms with Crippen molar-refractivity contribution in [1.29, 1.82) is 0 Å². The molecule has 0 radical (unpaired) electrons. The monoisotopic (exact) mass is 275 g/mol. The van der Waals surface area contributed by atoms with Gasteiger partial charge in [0, 0.05) is 11.3 Å². The second-order valence-electron chi connectivity index (χ2n) is 4.08. The van der Waals surface area contributed by atoms with Crippen LogP contribution in [0.1, 0.15) is 16.8 Å². The molecule has 0 spiro atoms. The highest BCUT2D eigenvalue weighted by atomic mass is 16.4. The maximum Gasteiger partial charge on any atom is 0.305 e. The van der Waals surface area contributed by atoms with Crippen LogP contribution in [0.15, 0.2) is 48.6 Å². The van der Waals surface area contributed by atoms with E-state index >= 15 is 0 Å². The zero-order chi connectivity index (χ0) is 14.8. The first-order valence-corrected chi connectivity index (χ1v) is 6.13. The normalized spacial score (nSPS) is 12.7. The second kappa shape index (κ2) is 8.66. The second-order valence-corrected chi connectivity index (χ2v) is 4.08. The van der Waals surface area contributed by atoms with Crippen molar-refractivity contribution < 1.29 is 19.8 Å². The van der Waals surface area contributed by atoms with Crippen molar-refractivity contribution in [3.8, 4) is 0 Å². The molecule has 1 unspecified atom stereocenters. The molecule has 5 heteroatoms. The third kappa shape index (κ3) is 5.97. The van der Waals surface area contributed by atoms with Gasteiger partial charge < -0.3 is 15.5 Å². The predicted octanol–water partition coefficient (Wildman–Crippen LogP) is 1.86. The van der Waals surface area contributed by atoms with Crippen molar-refractivity contribution in [3.05, 3.63) is 54.1 Å². The molecule has 5 nitrogen and oxygen atoms in total. The van der Waals surface area contributed by atoms with Crippen LogP contribution in [0.2, 0.25) is 0 Å². The first-order chi connectivity index (χ1) is 9.65. The molecule has 0 saturated carbocycles. The van der Waals surface area contributed by atoms with Crippen LogP contribution in [0, 0.1) is 0 Å². The number of aliphatic hydroxyl groups excluding tert-OH is 1. The first-order valence-electron chi connectivity index (χ1n) is 6.13. The number of carbonyl (C=O) groups excluding carboxylic acids is 1. The zero-order valence-corrected chi connectivity index (χ0v) is 10.9. The fourth-order valence-corrected chi connectivity index (χ4v) is 1.56. The number of carbonyl (C=O) groups is 2. The van der Waals surface area contributed by atoms with E-state index in [0.717, 1.165) is 12.0 Å². The molecule has 1 rings (SSSR count). The Kier molecular flexibility index (Phi) is 6.78. The van der Waals surface area contributed by atoms with Crippen molar-refractivity contribution in [2.24, 2.45) is 0 Å². The van der Waals surface area contributed by atoms with Gasteiger partial charge in [0.25, 0.3) is 0 Å². The average Bonchev–Trinajstić information content (AvgIpc) is 2.43. The Morgan fingerprint density at radius 2 is 1.95 bits per heavy atom. The molecular weight excluding hydrogens is 258 g/mol. The Hall–Kier alpha value is -2.40. The van der Waals surface area contributed by atoms with E-state index in [4.69, 9.17) is 10.2 Å². The molecule has 20 heavy (non-hydrogen) atoms. The lowest BCUT2D eigenvalue weighted by Crippen LogP contribution is -2.20. The van der Waals surface area contributed by atoms with Gasteiger partial charge in [-0.2, -0.15) is 0 Å². The summed E-state index contributed by atoms with van der Waals surface area (Å²) >= 11 is 0. The maximum absolute atomic E-state index is 10.8. The minimum Gasteiger partial charge on any atom is -0.481 e. The van der Waals surface area contributed by atoms with Crippen LogP contribution in [-0.4, -0.2) is 35.1 Å². The number of benzene rings is 1. The number of allylic oxidation sites excluding steroid dienone is 2. The quantitative estimate of drug-likeness (QED) is 0.498. The highest BCUT2D eigenvalue weighted by Crippen LogP contribution is 2.12. The van der Waals surface area contributed by atoms with E-state index in [9.17, 15) is 9.59 Å². The SMILES string of the molecule is O=Cc1ccc(NC(C=CC=CCO)CC(=O)O)cc1. The number of aldehydes is 1. The number of hydrogen-bond acceptors (Lipinski definition) is 4. The number of anilines is 1. The van der Waals surface area contributed by atoms with Crippen LogP contribution in [-0.2, 0) is 4.79 Å². The Balaban J connectivity index is 2.71. The number of aliphatic hydroxyl groups is 1. The molecule has 0 aliphatic rings. The molecule has 106 valence electrons.